The quantitative estimate of drug-likeness (QED) is 0.557. The van der Waals surface area contributed by atoms with Crippen LogP contribution in [0.3, 0.4) is 0 Å². The topological polar surface area (TPSA) is 66.0 Å². The summed E-state index contributed by atoms with van der Waals surface area (Å²) >= 11 is 1.72. The minimum Gasteiger partial charge on any atom is -0.495 e. The average molecular weight is 479 g/mol. The average Bonchev–Trinajstić information content (AvgIpc) is 3.46. The minimum atomic E-state index is -0.320. The number of carbonyl (C=O) groups excluding carboxylic acids is 2. The van der Waals surface area contributed by atoms with Crippen molar-refractivity contribution < 1.29 is 14.3 Å². The number of rotatable bonds is 5. The predicted octanol–water partition coefficient (Wildman–Crippen LogP) is 3.88. The van der Waals surface area contributed by atoms with E-state index >= 15 is 0 Å². The smallest absolute Gasteiger partial charge is 0.228 e. The summed E-state index contributed by atoms with van der Waals surface area (Å²) in [6.07, 6.45) is 1.26. The van der Waals surface area contributed by atoms with Crippen LogP contribution in [0.2, 0.25) is 0 Å². The summed E-state index contributed by atoms with van der Waals surface area (Å²) in [5.74, 6) is 0.377. The van der Waals surface area contributed by atoms with Crippen LogP contribution in [-0.2, 0) is 16.0 Å². The maximum absolute atomic E-state index is 13.3. The second-order valence-corrected chi connectivity index (χ2v) is 10.1. The lowest BCUT2D eigenvalue weighted by atomic mass is 10.1. The van der Waals surface area contributed by atoms with Crippen molar-refractivity contribution in [1.82, 2.24) is 9.88 Å². The molecule has 34 heavy (non-hydrogen) atoms. The molecule has 178 valence electrons. The molecular formula is C26H30N4O3S. The van der Waals surface area contributed by atoms with Gasteiger partial charge in [0.1, 0.15) is 5.75 Å². The molecule has 0 spiro atoms. The van der Waals surface area contributed by atoms with Gasteiger partial charge in [-0.05, 0) is 48.7 Å². The minimum absolute atomic E-state index is 0.0261. The van der Waals surface area contributed by atoms with Crippen LogP contribution in [0.1, 0.15) is 24.5 Å². The highest BCUT2D eigenvalue weighted by molar-refractivity contribution is 7.22. The molecule has 1 unspecified atom stereocenters. The third-order valence-electron chi connectivity index (χ3n) is 6.81. The van der Waals surface area contributed by atoms with E-state index in [4.69, 9.17) is 9.72 Å². The summed E-state index contributed by atoms with van der Waals surface area (Å²) in [6, 6.07) is 12.2. The molecule has 2 aliphatic heterocycles. The van der Waals surface area contributed by atoms with Gasteiger partial charge in [-0.2, -0.15) is 0 Å². The molecule has 5 rings (SSSR count). The van der Waals surface area contributed by atoms with Crippen molar-refractivity contribution in [3.05, 3.63) is 47.5 Å². The van der Waals surface area contributed by atoms with Crippen molar-refractivity contribution in [1.29, 1.82) is 0 Å². The number of thiazole rings is 1. The number of benzene rings is 2. The fraction of sp³-hybridized carbons (Fsp3) is 0.423. The molecule has 0 saturated carbocycles. The maximum atomic E-state index is 13.3. The first kappa shape index (κ1) is 22.7. The molecular weight excluding hydrogens is 448 g/mol. The highest BCUT2D eigenvalue weighted by atomic mass is 32.1. The molecule has 3 heterocycles. The Labute approximate surface area is 203 Å². The molecule has 0 bridgehead atoms. The highest BCUT2D eigenvalue weighted by Crippen LogP contribution is 2.35. The van der Waals surface area contributed by atoms with Gasteiger partial charge in [-0.3, -0.25) is 9.59 Å². The maximum Gasteiger partial charge on any atom is 0.228 e. The van der Waals surface area contributed by atoms with Gasteiger partial charge in [-0.15, -0.1) is 0 Å². The van der Waals surface area contributed by atoms with E-state index in [0.29, 0.717) is 25.4 Å². The predicted molar refractivity (Wildman–Crippen MR) is 136 cm³/mol. The summed E-state index contributed by atoms with van der Waals surface area (Å²) in [7, 11) is 1.60. The van der Waals surface area contributed by atoms with Crippen molar-refractivity contribution in [2.45, 2.75) is 26.7 Å². The number of fused-ring (bicyclic) bond motifs is 1. The van der Waals surface area contributed by atoms with E-state index in [-0.39, 0.29) is 24.2 Å². The van der Waals surface area contributed by atoms with Crippen molar-refractivity contribution in [2.24, 2.45) is 5.92 Å². The van der Waals surface area contributed by atoms with Crippen LogP contribution >= 0.6 is 11.3 Å². The molecule has 8 heteroatoms. The van der Waals surface area contributed by atoms with Crippen LogP contribution in [0.25, 0.3) is 10.2 Å². The molecule has 2 saturated heterocycles. The number of hydrogen-bond acceptors (Lipinski definition) is 6. The number of nitrogens with zero attached hydrogens (tertiary/aromatic N) is 4. The van der Waals surface area contributed by atoms with E-state index in [1.807, 2.05) is 30.0 Å². The Bertz CT molecular complexity index is 1230. The lowest BCUT2D eigenvalue weighted by Gasteiger charge is -2.35. The molecule has 2 aromatic carbocycles. The van der Waals surface area contributed by atoms with Gasteiger partial charge in [-0.1, -0.05) is 30.4 Å². The third kappa shape index (κ3) is 4.22. The molecule has 0 radical (unpaired) electrons. The zero-order valence-electron chi connectivity index (χ0n) is 19.9. The standard InChI is InChI=1S/C26H30N4O3S/c1-4-18-6-7-20-23(14-18)34-26(27-20)29-11-9-28(10-12-29)25(32)19-15-24(31)30(16-19)21-13-17(2)5-8-22(21)33-3/h5-8,13-14,19H,4,9-12,15-16H2,1-3H3. The third-order valence-corrected chi connectivity index (χ3v) is 7.89. The first-order valence-corrected chi connectivity index (χ1v) is 12.7. The van der Waals surface area contributed by atoms with Gasteiger partial charge in [0.05, 0.1) is 28.9 Å². The Balaban J connectivity index is 1.23. The van der Waals surface area contributed by atoms with Crippen LogP contribution in [0.5, 0.6) is 5.75 Å². The van der Waals surface area contributed by atoms with E-state index in [1.54, 1.807) is 23.3 Å². The molecule has 1 atom stereocenters. The van der Waals surface area contributed by atoms with Crippen molar-refractivity contribution in [3.63, 3.8) is 0 Å². The molecule has 2 amide bonds. The summed E-state index contributed by atoms with van der Waals surface area (Å²) in [5.41, 5.74) is 4.15. The molecule has 2 aliphatic rings. The Kier molecular flexibility index (Phi) is 6.16. The Morgan fingerprint density at radius 2 is 1.94 bits per heavy atom. The Morgan fingerprint density at radius 1 is 1.15 bits per heavy atom. The number of aryl methyl sites for hydroxylation is 2. The van der Waals surface area contributed by atoms with Crippen LogP contribution in [0, 0.1) is 12.8 Å². The van der Waals surface area contributed by atoms with Gasteiger partial charge < -0.3 is 19.4 Å². The lowest BCUT2D eigenvalue weighted by Crippen LogP contribution is -2.50. The van der Waals surface area contributed by atoms with Crippen LogP contribution < -0.4 is 14.5 Å². The van der Waals surface area contributed by atoms with Crippen LogP contribution in [0.15, 0.2) is 36.4 Å². The monoisotopic (exact) mass is 478 g/mol. The zero-order valence-corrected chi connectivity index (χ0v) is 20.7. The lowest BCUT2D eigenvalue weighted by molar-refractivity contribution is -0.136. The van der Waals surface area contributed by atoms with Gasteiger partial charge in [0.25, 0.3) is 0 Å². The van der Waals surface area contributed by atoms with E-state index in [0.717, 1.165) is 41.4 Å². The number of carbonyl (C=O) groups is 2. The molecule has 3 aromatic rings. The normalized spacial score (nSPS) is 18.7. The van der Waals surface area contributed by atoms with Gasteiger partial charge in [0, 0.05) is 39.1 Å². The zero-order chi connectivity index (χ0) is 23.8. The van der Waals surface area contributed by atoms with E-state index in [2.05, 4.69) is 30.0 Å². The van der Waals surface area contributed by atoms with Crippen molar-refractivity contribution in [2.75, 3.05) is 49.6 Å². The van der Waals surface area contributed by atoms with Gasteiger partial charge in [0.15, 0.2) is 5.13 Å². The molecule has 7 nitrogen and oxygen atoms in total. The number of amides is 2. The fourth-order valence-electron chi connectivity index (χ4n) is 4.81. The summed E-state index contributed by atoms with van der Waals surface area (Å²) in [6.45, 7) is 7.34. The van der Waals surface area contributed by atoms with Gasteiger partial charge in [-0.25, -0.2) is 4.98 Å². The number of aromatic nitrogens is 1. The first-order chi connectivity index (χ1) is 16.5. The summed E-state index contributed by atoms with van der Waals surface area (Å²) in [5, 5.41) is 1.02. The number of methoxy groups -OCH3 is 1. The second kappa shape index (κ2) is 9.25. The Hall–Kier alpha value is -3.13. The number of ether oxygens (including phenoxy) is 1. The fourth-order valence-corrected chi connectivity index (χ4v) is 5.89. The molecule has 0 N–H and O–H groups in total. The highest BCUT2D eigenvalue weighted by Gasteiger charge is 2.39. The summed E-state index contributed by atoms with van der Waals surface area (Å²) in [4.78, 5) is 36.8. The molecule has 1 aromatic heterocycles. The van der Waals surface area contributed by atoms with Crippen molar-refractivity contribution >= 4 is 44.2 Å². The molecule has 0 aliphatic carbocycles. The van der Waals surface area contributed by atoms with Gasteiger partial charge in [0.2, 0.25) is 11.8 Å². The Morgan fingerprint density at radius 3 is 2.68 bits per heavy atom. The van der Waals surface area contributed by atoms with Crippen molar-refractivity contribution in [3.8, 4) is 5.75 Å². The number of anilines is 2. The van der Waals surface area contributed by atoms with Crippen LogP contribution in [-0.4, -0.2) is 61.5 Å². The van der Waals surface area contributed by atoms with E-state index in [9.17, 15) is 9.59 Å². The molecule has 2 fully saturated rings. The summed E-state index contributed by atoms with van der Waals surface area (Å²) < 4.78 is 6.67. The number of piperazine rings is 1. The van der Waals surface area contributed by atoms with Gasteiger partial charge >= 0.3 is 0 Å². The van der Waals surface area contributed by atoms with E-state index in [1.165, 1.54) is 10.3 Å². The van der Waals surface area contributed by atoms with E-state index < -0.39 is 0 Å². The second-order valence-electron chi connectivity index (χ2n) is 9.05. The van der Waals surface area contributed by atoms with Crippen LogP contribution in [0.4, 0.5) is 10.8 Å². The SMILES string of the molecule is CCc1ccc2nc(N3CCN(C(=O)C4CC(=O)N(c5cc(C)ccc5OC)C4)CC3)sc2c1. The first-order valence-electron chi connectivity index (χ1n) is 11.8. The largest absolute Gasteiger partial charge is 0.495 e. The number of hydrogen-bond donors (Lipinski definition) is 0.